The fraction of sp³-hybridized carbons (Fsp3) is 0.300. The number of carbonyl (C=O) groups excluding carboxylic acids is 1. The summed E-state index contributed by atoms with van der Waals surface area (Å²) in [5.41, 5.74) is 6.81. The van der Waals surface area contributed by atoms with Gasteiger partial charge in [0.2, 0.25) is 0 Å². The van der Waals surface area contributed by atoms with E-state index in [1.165, 1.54) is 12.1 Å². The number of rotatable bonds is 1. The van der Waals surface area contributed by atoms with Gasteiger partial charge in [0.1, 0.15) is 11.5 Å². The molecule has 2 aromatic rings. The summed E-state index contributed by atoms with van der Waals surface area (Å²) < 4.78 is 38.1. The zero-order chi connectivity index (χ0) is 19.9. The summed E-state index contributed by atoms with van der Waals surface area (Å²) in [7, 11) is 0. The number of amidine groups is 1. The number of hydrogen-bond acceptors (Lipinski definition) is 4. The van der Waals surface area contributed by atoms with Crippen LogP contribution in [-0.2, 0) is 6.18 Å². The van der Waals surface area contributed by atoms with Crippen molar-refractivity contribution in [2.45, 2.75) is 24.7 Å². The van der Waals surface area contributed by atoms with Gasteiger partial charge in [0.15, 0.2) is 0 Å². The van der Waals surface area contributed by atoms with E-state index >= 15 is 0 Å². The Morgan fingerprint density at radius 2 is 1.71 bits per heavy atom. The van der Waals surface area contributed by atoms with E-state index in [1.807, 2.05) is 24.3 Å². The largest absolute Gasteiger partial charge is 0.416 e. The molecule has 2 aliphatic heterocycles. The maximum absolute atomic E-state index is 12.7. The molecule has 0 aromatic heterocycles. The quantitative estimate of drug-likeness (QED) is 0.786. The lowest BCUT2D eigenvalue weighted by molar-refractivity contribution is -0.137. The van der Waals surface area contributed by atoms with Crippen molar-refractivity contribution < 1.29 is 18.0 Å². The minimum absolute atomic E-state index is 0.244. The standard InChI is InChI=1S/C20H19F3N4O/c21-20(22,23)14-7-5-13(6-8-14)18(28)27-11-9-19(10-12-27)25-16-4-2-1-3-15(16)17(24)26-19/h1-8,25H,9-12H2,(H2,24,26). The summed E-state index contributed by atoms with van der Waals surface area (Å²) in [5.74, 6) is 0.189. The summed E-state index contributed by atoms with van der Waals surface area (Å²) in [4.78, 5) is 18.9. The third-order valence-electron chi connectivity index (χ3n) is 5.24. The number of nitrogens with zero attached hydrogens (tertiary/aromatic N) is 2. The lowest BCUT2D eigenvalue weighted by atomic mass is 9.93. The molecule has 1 amide bonds. The first kappa shape index (κ1) is 18.3. The molecule has 2 aliphatic rings. The first-order valence-electron chi connectivity index (χ1n) is 8.97. The number of aliphatic imine (C=N–C) groups is 1. The molecule has 5 nitrogen and oxygen atoms in total. The van der Waals surface area contributed by atoms with E-state index in [2.05, 4.69) is 10.3 Å². The van der Waals surface area contributed by atoms with Crippen molar-refractivity contribution in [2.24, 2.45) is 10.7 Å². The first-order valence-corrected chi connectivity index (χ1v) is 8.97. The fourth-order valence-electron chi connectivity index (χ4n) is 3.69. The second-order valence-electron chi connectivity index (χ2n) is 7.07. The van der Waals surface area contributed by atoms with Crippen LogP contribution in [0.1, 0.15) is 34.3 Å². The number of halogens is 3. The molecular weight excluding hydrogens is 369 g/mol. The molecule has 4 rings (SSSR count). The van der Waals surface area contributed by atoms with Gasteiger partial charge in [-0.3, -0.25) is 4.79 Å². The molecule has 0 saturated carbocycles. The molecule has 0 bridgehead atoms. The predicted molar refractivity (Wildman–Crippen MR) is 100 cm³/mol. The molecule has 0 unspecified atom stereocenters. The molecule has 28 heavy (non-hydrogen) atoms. The van der Waals surface area contributed by atoms with Crippen molar-refractivity contribution in [3.63, 3.8) is 0 Å². The molecule has 1 saturated heterocycles. The van der Waals surface area contributed by atoms with Gasteiger partial charge >= 0.3 is 6.18 Å². The Kier molecular flexibility index (Phi) is 4.28. The number of anilines is 1. The lowest BCUT2D eigenvalue weighted by Crippen LogP contribution is -2.52. The number of amides is 1. The molecule has 1 spiro atoms. The van der Waals surface area contributed by atoms with Crippen LogP contribution in [0.15, 0.2) is 53.5 Å². The Morgan fingerprint density at radius 3 is 2.36 bits per heavy atom. The zero-order valence-corrected chi connectivity index (χ0v) is 15.0. The van der Waals surface area contributed by atoms with Crippen LogP contribution in [0.4, 0.5) is 18.9 Å². The number of nitrogens with one attached hydrogen (secondary N) is 1. The van der Waals surface area contributed by atoms with Crippen LogP contribution in [-0.4, -0.2) is 35.4 Å². The molecule has 1 fully saturated rings. The number of carbonyl (C=O) groups is 1. The van der Waals surface area contributed by atoms with Gasteiger partial charge in [-0.1, -0.05) is 12.1 Å². The number of alkyl halides is 3. The average Bonchev–Trinajstić information content (AvgIpc) is 2.67. The number of nitrogens with two attached hydrogens (primary N) is 1. The van der Waals surface area contributed by atoms with Gasteiger partial charge in [-0.2, -0.15) is 13.2 Å². The number of para-hydroxylation sites is 1. The highest BCUT2D eigenvalue weighted by atomic mass is 19.4. The van der Waals surface area contributed by atoms with E-state index in [4.69, 9.17) is 5.73 Å². The van der Waals surface area contributed by atoms with Gasteiger partial charge in [-0.05, 0) is 36.4 Å². The first-order chi connectivity index (χ1) is 13.3. The number of benzene rings is 2. The number of hydrogen-bond donors (Lipinski definition) is 2. The second-order valence-corrected chi connectivity index (χ2v) is 7.07. The van der Waals surface area contributed by atoms with E-state index in [1.54, 1.807) is 4.90 Å². The summed E-state index contributed by atoms with van der Waals surface area (Å²) in [5, 5.41) is 3.44. The Morgan fingerprint density at radius 1 is 1.07 bits per heavy atom. The fourth-order valence-corrected chi connectivity index (χ4v) is 3.69. The lowest BCUT2D eigenvalue weighted by Gasteiger charge is -2.42. The highest BCUT2D eigenvalue weighted by molar-refractivity contribution is 6.04. The second kappa shape index (κ2) is 6.54. The van der Waals surface area contributed by atoms with Crippen LogP contribution in [0.25, 0.3) is 0 Å². The minimum atomic E-state index is -4.42. The van der Waals surface area contributed by atoms with Crippen molar-refractivity contribution in [2.75, 3.05) is 18.4 Å². The molecule has 0 radical (unpaired) electrons. The Hall–Kier alpha value is -3.03. The monoisotopic (exact) mass is 388 g/mol. The van der Waals surface area contributed by atoms with Gasteiger partial charge < -0.3 is 16.0 Å². The third kappa shape index (κ3) is 3.30. The van der Waals surface area contributed by atoms with Gasteiger partial charge in [-0.25, -0.2) is 4.99 Å². The Labute approximate surface area is 160 Å². The molecule has 146 valence electrons. The maximum atomic E-state index is 12.7. The van der Waals surface area contributed by atoms with Crippen molar-refractivity contribution in [3.8, 4) is 0 Å². The summed E-state index contributed by atoms with van der Waals surface area (Å²) in [6.45, 7) is 0.873. The summed E-state index contributed by atoms with van der Waals surface area (Å²) in [6, 6.07) is 12.0. The smallest absolute Gasteiger partial charge is 0.383 e. The minimum Gasteiger partial charge on any atom is -0.383 e. The molecular formula is C20H19F3N4O. The predicted octanol–water partition coefficient (Wildman–Crippen LogP) is 3.47. The zero-order valence-electron chi connectivity index (χ0n) is 15.0. The van der Waals surface area contributed by atoms with Crippen LogP contribution in [0.5, 0.6) is 0 Å². The van der Waals surface area contributed by atoms with Crippen LogP contribution >= 0.6 is 0 Å². The SMILES string of the molecule is NC1=NC2(CCN(C(=O)c3ccc(C(F)(F)F)cc3)CC2)Nc2ccccc21. The molecule has 0 atom stereocenters. The van der Waals surface area contributed by atoms with Crippen LogP contribution < -0.4 is 11.1 Å². The van der Waals surface area contributed by atoms with Gasteiger partial charge in [0.05, 0.1) is 5.56 Å². The van der Waals surface area contributed by atoms with E-state index in [0.29, 0.717) is 31.8 Å². The third-order valence-corrected chi connectivity index (χ3v) is 5.24. The van der Waals surface area contributed by atoms with Gasteiger partial charge in [0, 0.05) is 42.7 Å². The van der Waals surface area contributed by atoms with Crippen molar-refractivity contribution >= 4 is 17.4 Å². The number of piperidine rings is 1. The van der Waals surface area contributed by atoms with Crippen molar-refractivity contribution in [1.29, 1.82) is 0 Å². The van der Waals surface area contributed by atoms with E-state index in [0.717, 1.165) is 23.4 Å². The van der Waals surface area contributed by atoms with Gasteiger partial charge in [0.25, 0.3) is 5.91 Å². The number of fused-ring (bicyclic) bond motifs is 1. The van der Waals surface area contributed by atoms with Gasteiger partial charge in [-0.15, -0.1) is 0 Å². The average molecular weight is 388 g/mol. The molecule has 8 heteroatoms. The highest BCUT2D eigenvalue weighted by Crippen LogP contribution is 2.34. The normalized spacial score (nSPS) is 18.2. The molecule has 2 aromatic carbocycles. The topological polar surface area (TPSA) is 70.7 Å². The number of likely N-dealkylation sites (tertiary alicyclic amines) is 1. The van der Waals surface area contributed by atoms with Crippen LogP contribution in [0.3, 0.4) is 0 Å². The van der Waals surface area contributed by atoms with Crippen LogP contribution in [0, 0.1) is 0 Å². The maximum Gasteiger partial charge on any atom is 0.416 e. The van der Waals surface area contributed by atoms with Crippen LogP contribution in [0.2, 0.25) is 0 Å². The summed E-state index contributed by atoms with van der Waals surface area (Å²) >= 11 is 0. The van der Waals surface area contributed by atoms with Crippen molar-refractivity contribution in [1.82, 2.24) is 4.90 Å². The highest BCUT2D eigenvalue weighted by Gasteiger charge is 2.39. The Balaban J connectivity index is 1.46. The summed E-state index contributed by atoms with van der Waals surface area (Å²) in [6.07, 6.45) is -3.29. The van der Waals surface area contributed by atoms with E-state index in [9.17, 15) is 18.0 Å². The van der Waals surface area contributed by atoms with E-state index in [-0.39, 0.29) is 11.5 Å². The molecule has 2 heterocycles. The van der Waals surface area contributed by atoms with E-state index < -0.39 is 17.4 Å². The van der Waals surface area contributed by atoms with Crippen molar-refractivity contribution in [3.05, 3.63) is 65.2 Å². The molecule has 3 N–H and O–H groups in total. The Bertz CT molecular complexity index is 929. The molecule has 0 aliphatic carbocycles.